The fraction of sp³-hybridized carbons (Fsp3) is 0.455. The van der Waals surface area contributed by atoms with E-state index in [1.807, 2.05) is 24.3 Å². The zero-order chi connectivity index (χ0) is 10.4. The summed E-state index contributed by atoms with van der Waals surface area (Å²) in [6, 6.07) is 7.79. The molecule has 1 aromatic rings. The van der Waals surface area contributed by atoms with Gasteiger partial charge in [0, 0.05) is 25.2 Å². The molecule has 0 bridgehead atoms. The van der Waals surface area contributed by atoms with Crippen molar-refractivity contribution in [2.45, 2.75) is 5.92 Å². The van der Waals surface area contributed by atoms with Crippen molar-refractivity contribution >= 4 is 11.6 Å². The van der Waals surface area contributed by atoms with Crippen LogP contribution in [0.2, 0.25) is 5.02 Å². The van der Waals surface area contributed by atoms with E-state index in [0.717, 1.165) is 10.6 Å². The molecule has 0 fully saturated rings. The molecule has 0 aliphatic heterocycles. The van der Waals surface area contributed by atoms with Crippen LogP contribution in [0.5, 0.6) is 0 Å². The highest BCUT2D eigenvalue weighted by Gasteiger charge is 2.10. The van der Waals surface area contributed by atoms with E-state index < -0.39 is 0 Å². The molecule has 0 unspecified atom stereocenters. The van der Waals surface area contributed by atoms with E-state index in [2.05, 4.69) is 0 Å². The van der Waals surface area contributed by atoms with Crippen molar-refractivity contribution in [2.24, 2.45) is 0 Å². The maximum Gasteiger partial charge on any atom is 0.0553 e. The quantitative estimate of drug-likeness (QED) is 0.751. The summed E-state index contributed by atoms with van der Waals surface area (Å²) in [6.07, 6.45) is 0. The van der Waals surface area contributed by atoms with E-state index in [0.29, 0.717) is 13.2 Å². The second-order valence-electron chi connectivity index (χ2n) is 3.16. The van der Waals surface area contributed by atoms with Crippen molar-refractivity contribution < 1.29 is 9.47 Å². The minimum Gasteiger partial charge on any atom is -0.384 e. The molecule has 0 radical (unpaired) electrons. The van der Waals surface area contributed by atoms with Gasteiger partial charge in [-0.2, -0.15) is 0 Å². The van der Waals surface area contributed by atoms with E-state index >= 15 is 0 Å². The van der Waals surface area contributed by atoms with Crippen molar-refractivity contribution in [2.75, 3.05) is 27.4 Å². The third kappa shape index (κ3) is 3.29. The van der Waals surface area contributed by atoms with Gasteiger partial charge in [0.05, 0.1) is 13.2 Å². The van der Waals surface area contributed by atoms with Crippen molar-refractivity contribution in [3.05, 3.63) is 34.9 Å². The van der Waals surface area contributed by atoms with Crippen LogP contribution in [0.3, 0.4) is 0 Å². The number of methoxy groups -OCH3 is 2. The molecule has 2 nitrogen and oxygen atoms in total. The monoisotopic (exact) mass is 214 g/mol. The molecule has 0 aliphatic carbocycles. The Balaban J connectivity index is 2.75. The van der Waals surface area contributed by atoms with Gasteiger partial charge < -0.3 is 9.47 Å². The predicted molar refractivity (Wildman–Crippen MR) is 57.9 cm³/mol. The molecule has 3 heteroatoms. The Kier molecular flexibility index (Phi) is 4.94. The number of rotatable bonds is 5. The molecule has 1 aromatic carbocycles. The van der Waals surface area contributed by atoms with Gasteiger partial charge in [0.1, 0.15) is 0 Å². The van der Waals surface area contributed by atoms with Crippen LogP contribution in [0.25, 0.3) is 0 Å². The minimum atomic E-state index is 0.253. The molecule has 0 aliphatic rings. The summed E-state index contributed by atoms with van der Waals surface area (Å²) in [5, 5.41) is 0.750. The van der Waals surface area contributed by atoms with Crippen LogP contribution < -0.4 is 0 Å². The van der Waals surface area contributed by atoms with Gasteiger partial charge in [-0.1, -0.05) is 23.7 Å². The van der Waals surface area contributed by atoms with Gasteiger partial charge in [-0.25, -0.2) is 0 Å². The lowest BCUT2D eigenvalue weighted by Crippen LogP contribution is -2.12. The Morgan fingerprint density at radius 3 is 2.36 bits per heavy atom. The molecule has 0 saturated carbocycles. The Bertz CT molecular complexity index is 270. The zero-order valence-corrected chi connectivity index (χ0v) is 9.25. The average molecular weight is 215 g/mol. The van der Waals surface area contributed by atoms with E-state index in [1.165, 1.54) is 0 Å². The summed E-state index contributed by atoms with van der Waals surface area (Å²) in [6.45, 7) is 1.29. The van der Waals surface area contributed by atoms with Crippen LogP contribution in [0, 0.1) is 0 Å². The Morgan fingerprint density at radius 1 is 1.21 bits per heavy atom. The standard InChI is InChI=1S/C11H15ClO2/c1-13-7-10(8-14-2)9-4-3-5-11(12)6-9/h3-6,10H,7-8H2,1-2H3. The van der Waals surface area contributed by atoms with Crippen LogP contribution in [-0.4, -0.2) is 27.4 Å². The highest BCUT2D eigenvalue weighted by molar-refractivity contribution is 6.30. The summed E-state index contributed by atoms with van der Waals surface area (Å²) in [4.78, 5) is 0. The molecule has 0 atom stereocenters. The largest absolute Gasteiger partial charge is 0.384 e. The van der Waals surface area contributed by atoms with Crippen LogP contribution in [-0.2, 0) is 9.47 Å². The topological polar surface area (TPSA) is 18.5 Å². The van der Waals surface area contributed by atoms with Crippen molar-refractivity contribution in [3.8, 4) is 0 Å². The minimum absolute atomic E-state index is 0.253. The fourth-order valence-corrected chi connectivity index (χ4v) is 1.60. The first kappa shape index (κ1) is 11.5. The van der Waals surface area contributed by atoms with Crippen molar-refractivity contribution in [3.63, 3.8) is 0 Å². The highest BCUT2D eigenvalue weighted by Crippen LogP contribution is 2.20. The van der Waals surface area contributed by atoms with Gasteiger partial charge in [-0.3, -0.25) is 0 Å². The lowest BCUT2D eigenvalue weighted by Gasteiger charge is -2.15. The van der Waals surface area contributed by atoms with Crippen LogP contribution in [0.15, 0.2) is 24.3 Å². The zero-order valence-electron chi connectivity index (χ0n) is 8.50. The normalized spacial score (nSPS) is 10.9. The Labute approximate surface area is 89.8 Å². The van der Waals surface area contributed by atoms with Crippen LogP contribution in [0.4, 0.5) is 0 Å². The number of hydrogen-bond donors (Lipinski definition) is 0. The molecule has 0 heterocycles. The van der Waals surface area contributed by atoms with Gasteiger partial charge in [-0.05, 0) is 17.7 Å². The first-order chi connectivity index (χ1) is 6.77. The van der Waals surface area contributed by atoms with E-state index in [-0.39, 0.29) is 5.92 Å². The third-order valence-corrected chi connectivity index (χ3v) is 2.29. The number of benzene rings is 1. The average Bonchev–Trinajstić information content (AvgIpc) is 2.17. The van der Waals surface area contributed by atoms with Crippen LogP contribution >= 0.6 is 11.6 Å². The Hall–Kier alpha value is -0.570. The molecular weight excluding hydrogens is 200 g/mol. The van der Waals surface area contributed by atoms with E-state index in [9.17, 15) is 0 Å². The van der Waals surface area contributed by atoms with Gasteiger partial charge in [-0.15, -0.1) is 0 Å². The molecule has 0 spiro atoms. The molecule has 0 aromatic heterocycles. The maximum atomic E-state index is 5.91. The van der Waals surface area contributed by atoms with Crippen molar-refractivity contribution in [1.29, 1.82) is 0 Å². The maximum absolute atomic E-state index is 5.91. The summed E-state index contributed by atoms with van der Waals surface area (Å²) < 4.78 is 10.3. The predicted octanol–water partition coefficient (Wildman–Crippen LogP) is 2.72. The summed E-state index contributed by atoms with van der Waals surface area (Å²) in [5.41, 5.74) is 1.15. The summed E-state index contributed by atoms with van der Waals surface area (Å²) in [5.74, 6) is 0.253. The molecule has 14 heavy (non-hydrogen) atoms. The smallest absolute Gasteiger partial charge is 0.0553 e. The number of hydrogen-bond acceptors (Lipinski definition) is 2. The second kappa shape index (κ2) is 6.02. The van der Waals surface area contributed by atoms with E-state index in [1.54, 1.807) is 14.2 Å². The second-order valence-corrected chi connectivity index (χ2v) is 3.60. The summed E-state index contributed by atoms with van der Waals surface area (Å²) in [7, 11) is 3.38. The lowest BCUT2D eigenvalue weighted by molar-refractivity contribution is 0.117. The first-order valence-electron chi connectivity index (χ1n) is 4.51. The highest BCUT2D eigenvalue weighted by atomic mass is 35.5. The first-order valence-corrected chi connectivity index (χ1v) is 4.89. The number of ether oxygens (including phenoxy) is 2. The molecule has 0 N–H and O–H groups in total. The van der Waals surface area contributed by atoms with E-state index in [4.69, 9.17) is 21.1 Å². The van der Waals surface area contributed by atoms with Gasteiger partial charge in [0.25, 0.3) is 0 Å². The van der Waals surface area contributed by atoms with Gasteiger partial charge in [0.2, 0.25) is 0 Å². The SMILES string of the molecule is COCC(COC)c1cccc(Cl)c1. The third-order valence-electron chi connectivity index (χ3n) is 2.06. The van der Waals surface area contributed by atoms with Gasteiger partial charge >= 0.3 is 0 Å². The van der Waals surface area contributed by atoms with Crippen molar-refractivity contribution in [1.82, 2.24) is 0 Å². The Morgan fingerprint density at radius 2 is 1.86 bits per heavy atom. The van der Waals surface area contributed by atoms with Gasteiger partial charge in [0.15, 0.2) is 0 Å². The fourth-order valence-electron chi connectivity index (χ4n) is 1.40. The summed E-state index contributed by atoms with van der Waals surface area (Å²) >= 11 is 5.91. The lowest BCUT2D eigenvalue weighted by atomic mass is 10.0. The van der Waals surface area contributed by atoms with Crippen LogP contribution in [0.1, 0.15) is 11.5 Å². The number of halogens is 1. The molecule has 1 rings (SSSR count). The molecule has 78 valence electrons. The molecular formula is C11H15ClO2. The molecule has 0 amide bonds. The molecule has 0 saturated heterocycles.